The molecule has 1 rings (SSSR count). The fourth-order valence-corrected chi connectivity index (χ4v) is 1.22. The number of para-hydroxylation sites is 1. The van der Waals surface area contributed by atoms with Gasteiger partial charge in [-0.05, 0) is 19.1 Å². The molecular weight excluding hydrogens is 222 g/mol. The van der Waals surface area contributed by atoms with Gasteiger partial charge in [0.15, 0.2) is 5.78 Å². The van der Waals surface area contributed by atoms with Gasteiger partial charge in [0.1, 0.15) is 0 Å². The first kappa shape index (κ1) is 12.6. The summed E-state index contributed by atoms with van der Waals surface area (Å²) in [5, 5.41) is 10.8. The molecule has 0 bridgehead atoms. The van der Waals surface area contributed by atoms with E-state index in [-0.39, 0.29) is 5.78 Å². The van der Waals surface area contributed by atoms with Crippen LogP contribution in [0.3, 0.4) is 0 Å². The molecule has 0 atom stereocenters. The van der Waals surface area contributed by atoms with Crippen molar-refractivity contribution in [3.8, 4) is 0 Å². The second kappa shape index (κ2) is 5.60. The smallest absolute Gasteiger partial charge is 0.328 e. The molecule has 0 saturated heterocycles. The Balaban J connectivity index is 2.85. The molecule has 0 aromatic heterocycles. The number of carbonyl (C=O) groups excluding carboxylic acids is 2. The normalized spacial score (nSPS) is 10.2. The van der Waals surface area contributed by atoms with Crippen LogP contribution in [0.4, 0.5) is 5.69 Å². The molecular formula is C12H11NO4. The maximum atomic E-state index is 11.3. The van der Waals surface area contributed by atoms with Crippen LogP contribution in [0.25, 0.3) is 0 Å². The number of ketones is 1. The van der Waals surface area contributed by atoms with E-state index in [1.54, 1.807) is 24.3 Å². The van der Waals surface area contributed by atoms with E-state index in [9.17, 15) is 14.4 Å². The lowest BCUT2D eigenvalue weighted by atomic mass is 10.1. The first-order valence-electron chi connectivity index (χ1n) is 4.82. The molecule has 0 spiro atoms. The summed E-state index contributed by atoms with van der Waals surface area (Å²) in [6.45, 7) is 1.39. The van der Waals surface area contributed by atoms with Gasteiger partial charge in [-0.3, -0.25) is 9.59 Å². The van der Waals surface area contributed by atoms with Gasteiger partial charge in [-0.1, -0.05) is 12.1 Å². The zero-order valence-electron chi connectivity index (χ0n) is 9.14. The molecule has 0 saturated carbocycles. The molecule has 1 aromatic rings. The van der Waals surface area contributed by atoms with Gasteiger partial charge in [-0.15, -0.1) is 0 Å². The summed E-state index contributed by atoms with van der Waals surface area (Å²) < 4.78 is 0. The highest BCUT2D eigenvalue weighted by Crippen LogP contribution is 2.15. The Hall–Kier alpha value is -2.43. The van der Waals surface area contributed by atoms with E-state index in [0.29, 0.717) is 11.3 Å². The second-order valence-electron chi connectivity index (χ2n) is 3.26. The minimum Gasteiger partial charge on any atom is -0.478 e. The number of aliphatic carboxylic acids is 1. The molecule has 0 aliphatic rings. The topological polar surface area (TPSA) is 83.5 Å². The van der Waals surface area contributed by atoms with Crippen molar-refractivity contribution in [1.29, 1.82) is 0 Å². The summed E-state index contributed by atoms with van der Waals surface area (Å²) in [5.74, 6) is -1.98. The fourth-order valence-electron chi connectivity index (χ4n) is 1.22. The summed E-state index contributed by atoms with van der Waals surface area (Å²) in [4.78, 5) is 32.8. The average Bonchev–Trinajstić information content (AvgIpc) is 2.27. The zero-order valence-corrected chi connectivity index (χ0v) is 9.14. The number of hydrogen-bond acceptors (Lipinski definition) is 3. The maximum Gasteiger partial charge on any atom is 0.328 e. The van der Waals surface area contributed by atoms with Crippen LogP contribution in [0.5, 0.6) is 0 Å². The largest absolute Gasteiger partial charge is 0.478 e. The lowest BCUT2D eigenvalue weighted by molar-refractivity contribution is -0.131. The highest BCUT2D eigenvalue weighted by atomic mass is 16.4. The van der Waals surface area contributed by atoms with Crippen molar-refractivity contribution in [2.45, 2.75) is 6.92 Å². The number of benzene rings is 1. The van der Waals surface area contributed by atoms with Crippen LogP contribution >= 0.6 is 0 Å². The van der Waals surface area contributed by atoms with E-state index in [2.05, 4.69) is 5.32 Å². The number of rotatable bonds is 4. The van der Waals surface area contributed by atoms with Gasteiger partial charge < -0.3 is 10.4 Å². The predicted molar refractivity (Wildman–Crippen MR) is 61.9 cm³/mol. The Labute approximate surface area is 97.8 Å². The summed E-state index contributed by atoms with van der Waals surface area (Å²) in [6.07, 6.45) is 1.62. The van der Waals surface area contributed by atoms with Gasteiger partial charge in [-0.2, -0.15) is 0 Å². The monoisotopic (exact) mass is 233 g/mol. The fraction of sp³-hybridized carbons (Fsp3) is 0.0833. The Morgan fingerprint density at radius 2 is 1.82 bits per heavy atom. The Morgan fingerprint density at radius 3 is 2.41 bits per heavy atom. The Morgan fingerprint density at radius 1 is 1.18 bits per heavy atom. The maximum absolute atomic E-state index is 11.3. The van der Waals surface area contributed by atoms with E-state index in [0.717, 1.165) is 12.2 Å². The second-order valence-corrected chi connectivity index (χ2v) is 3.26. The summed E-state index contributed by atoms with van der Waals surface area (Å²) in [5.41, 5.74) is 0.740. The molecule has 0 radical (unpaired) electrons. The third-order valence-corrected chi connectivity index (χ3v) is 1.94. The van der Waals surface area contributed by atoms with Crippen LogP contribution in [0.2, 0.25) is 0 Å². The molecule has 0 fully saturated rings. The lowest BCUT2D eigenvalue weighted by Gasteiger charge is -2.06. The van der Waals surface area contributed by atoms with Crippen LogP contribution in [-0.2, 0) is 9.59 Å². The molecule has 0 aliphatic carbocycles. The number of anilines is 1. The summed E-state index contributed by atoms with van der Waals surface area (Å²) in [6, 6.07) is 6.50. The first-order valence-corrected chi connectivity index (χ1v) is 4.82. The van der Waals surface area contributed by atoms with Crippen LogP contribution in [0, 0.1) is 0 Å². The molecule has 88 valence electrons. The van der Waals surface area contributed by atoms with Gasteiger partial charge >= 0.3 is 5.97 Å². The Kier molecular flexibility index (Phi) is 4.16. The third kappa shape index (κ3) is 3.90. The zero-order chi connectivity index (χ0) is 12.8. The number of carboxylic acids is 1. The third-order valence-electron chi connectivity index (χ3n) is 1.94. The predicted octanol–water partition coefficient (Wildman–Crippen LogP) is 1.47. The van der Waals surface area contributed by atoms with Crippen molar-refractivity contribution in [1.82, 2.24) is 0 Å². The van der Waals surface area contributed by atoms with Crippen molar-refractivity contribution in [3.05, 3.63) is 42.0 Å². The van der Waals surface area contributed by atoms with E-state index < -0.39 is 11.9 Å². The van der Waals surface area contributed by atoms with Crippen LogP contribution in [-0.4, -0.2) is 22.8 Å². The molecule has 0 heterocycles. The lowest BCUT2D eigenvalue weighted by Crippen LogP contribution is -2.11. The van der Waals surface area contributed by atoms with Crippen molar-refractivity contribution in [2.24, 2.45) is 0 Å². The van der Waals surface area contributed by atoms with Gasteiger partial charge in [0.25, 0.3) is 0 Å². The van der Waals surface area contributed by atoms with Crippen molar-refractivity contribution in [2.75, 3.05) is 5.32 Å². The van der Waals surface area contributed by atoms with Crippen LogP contribution in [0.1, 0.15) is 17.3 Å². The number of nitrogens with one attached hydrogen (secondary N) is 1. The molecule has 17 heavy (non-hydrogen) atoms. The summed E-state index contributed by atoms with van der Waals surface area (Å²) >= 11 is 0. The number of Topliss-reactive ketones (excluding diaryl/α,β-unsaturated/α-hetero) is 1. The van der Waals surface area contributed by atoms with E-state index in [1.165, 1.54) is 6.92 Å². The number of hydrogen-bond donors (Lipinski definition) is 2. The minimum atomic E-state index is -1.21. The molecule has 1 aromatic carbocycles. The number of amides is 1. The van der Waals surface area contributed by atoms with Crippen molar-refractivity contribution in [3.63, 3.8) is 0 Å². The van der Waals surface area contributed by atoms with Gasteiger partial charge in [0.2, 0.25) is 5.91 Å². The van der Waals surface area contributed by atoms with Crippen LogP contribution < -0.4 is 5.32 Å². The quantitative estimate of drug-likeness (QED) is 0.609. The minimum absolute atomic E-state index is 0.178. The molecule has 5 nitrogen and oxygen atoms in total. The molecule has 0 aliphatic heterocycles. The average molecular weight is 233 g/mol. The van der Waals surface area contributed by atoms with E-state index in [1.807, 2.05) is 0 Å². The van der Waals surface area contributed by atoms with Gasteiger partial charge in [0, 0.05) is 17.7 Å². The first-order chi connectivity index (χ1) is 8.00. The Bertz CT molecular complexity index is 491. The number of carboxylic acid groups (broad SMARTS) is 1. The SMILES string of the molecule is CC(=O)c1ccccc1NC(=O)/C=C\C(=O)O. The van der Waals surface area contributed by atoms with Crippen LogP contribution in [0.15, 0.2) is 36.4 Å². The molecule has 1 amide bonds. The van der Waals surface area contributed by atoms with Crippen molar-refractivity contribution >= 4 is 23.3 Å². The highest BCUT2D eigenvalue weighted by Gasteiger charge is 2.07. The van der Waals surface area contributed by atoms with E-state index in [4.69, 9.17) is 5.11 Å². The molecule has 5 heteroatoms. The molecule has 0 unspecified atom stereocenters. The standard InChI is InChI=1S/C12H11NO4/c1-8(14)9-4-2-3-5-10(9)13-11(15)6-7-12(16)17/h2-7H,1H3,(H,13,15)(H,16,17)/b7-6-. The van der Waals surface area contributed by atoms with Gasteiger partial charge in [-0.25, -0.2) is 4.79 Å². The van der Waals surface area contributed by atoms with E-state index >= 15 is 0 Å². The highest BCUT2D eigenvalue weighted by molar-refractivity contribution is 6.07. The summed E-state index contributed by atoms with van der Waals surface area (Å²) in [7, 11) is 0. The molecule has 2 N–H and O–H groups in total. The van der Waals surface area contributed by atoms with Gasteiger partial charge in [0.05, 0.1) is 5.69 Å². The van der Waals surface area contributed by atoms with Crippen molar-refractivity contribution < 1.29 is 19.5 Å². The number of carbonyl (C=O) groups is 3.